The Kier molecular flexibility index (Phi) is 6.09. The molecule has 0 saturated heterocycles. The smallest absolute Gasteiger partial charge is 0.333 e. The van der Waals surface area contributed by atoms with Crippen molar-refractivity contribution in [1.29, 1.82) is 0 Å². The standard InChI is InChI=1S/C27H37NO4/c1-9-15-28(16-10-2)23(29)21-22(24(30)31)26(6)17(3)20(27(21,7)25(26,4)5)18-11-13-19(32-8)14-12-18/h11-14H,9-10,15-16H2,1-8H3,(H,30,31)/t26-,27+/m0/s1. The Morgan fingerprint density at radius 2 is 1.47 bits per heavy atom. The lowest BCUT2D eigenvalue weighted by Crippen LogP contribution is -2.42. The average molecular weight is 440 g/mol. The van der Waals surface area contributed by atoms with E-state index in [-0.39, 0.29) is 11.5 Å². The molecule has 2 atom stereocenters. The number of nitrogens with zero attached hydrogens (tertiary/aromatic N) is 1. The molecule has 1 amide bonds. The number of carbonyl (C=O) groups excluding carboxylic acids is 1. The molecular formula is C27H37NO4. The predicted octanol–water partition coefficient (Wildman–Crippen LogP) is 5.56. The van der Waals surface area contributed by atoms with Crippen molar-refractivity contribution in [3.8, 4) is 5.75 Å². The number of methoxy groups -OCH3 is 1. The fourth-order valence-electron chi connectivity index (χ4n) is 6.26. The van der Waals surface area contributed by atoms with E-state index in [2.05, 4.69) is 20.8 Å². The second-order valence-electron chi connectivity index (χ2n) is 9.95. The molecule has 1 N–H and O–H groups in total. The Labute approximate surface area is 192 Å². The van der Waals surface area contributed by atoms with Crippen molar-refractivity contribution in [2.45, 2.75) is 61.3 Å². The number of carboxylic acid groups (broad SMARTS) is 1. The largest absolute Gasteiger partial charge is 0.497 e. The van der Waals surface area contributed by atoms with Crippen molar-refractivity contribution >= 4 is 17.4 Å². The monoisotopic (exact) mass is 439 g/mol. The van der Waals surface area contributed by atoms with Gasteiger partial charge in [-0.1, -0.05) is 59.2 Å². The lowest BCUT2D eigenvalue weighted by molar-refractivity contribution is -0.135. The van der Waals surface area contributed by atoms with Gasteiger partial charge in [0, 0.05) is 29.5 Å². The maximum absolute atomic E-state index is 14.0. The molecule has 0 fully saturated rings. The molecule has 3 rings (SSSR count). The second kappa shape index (κ2) is 8.09. The van der Waals surface area contributed by atoms with E-state index in [1.807, 2.05) is 56.9 Å². The normalized spacial score (nSPS) is 26.0. The van der Waals surface area contributed by atoms with Gasteiger partial charge in [0.2, 0.25) is 0 Å². The molecule has 1 aromatic carbocycles. The Hall–Kier alpha value is -2.56. The van der Waals surface area contributed by atoms with Crippen LogP contribution in [0.1, 0.15) is 66.9 Å². The number of aliphatic carboxylic acids is 1. The molecule has 2 bridgehead atoms. The number of rotatable bonds is 8. The van der Waals surface area contributed by atoms with Gasteiger partial charge in [-0.3, -0.25) is 4.79 Å². The number of fused-ring (bicyclic) bond motifs is 2. The summed E-state index contributed by atoms with van der Waals surface area (Å²) in [6, 6.07) is 7.87. The third kappa shape index (κ3) is 2.89. The van der Waals surface area contributed by atoms with E-state index in [0.717, 1.165) is 35.3 Å². The molecule has 1 aromatic rings. The number of hydrogen-bond donors (Lipinski definition) is 1. The maximum atomic E-state index is 14.0. The maximum Gasteiger partial charge on any atom is 0.333 e. The van der Waals surface area contributed by atoms with Crippen molar-refractivity contribution < 1.29 is 19.4 Å². The summed E-state index contributed by atoms with van der Waals surface area (Å²) in [5.74, 6) is -0.362. The van der Waals surface area contributed by atoms with Crippen molar-refractivity contribution in [3.63, 3.8) is 0 Å². The van der Waals surface area contributed by atoms with Crippen LogP contribution in [0.5, 0.6) is 5.75 Å². The van der Waals surface area contributed by atoms with E-state index in [0.29, 0.717) is 18.7 Å². The van der Waals surface area contributed by atoms with Crippen LogP contribution >= 0.6 is 0 Å². The summed E-state index contributed by atoms with van der Waals surface area (Å²) in [5, 5.41) is 10.4. The Bertz CT molecular complexity index is 995. The molecule has 2 aliphatic carbocycles. The quantitative estimate of drug-likeness (QED) is 0.575. The van der Waals surface area contributed by atoms with Gasteiger partial charge in [-0.15, -0.1) is 0 Å². The first-order valence-electron chi connectivity index (χ1n) is 11.6. The predicted molar refractivity (Wildman–Crippen MR) is 127 cm³/mol. The van der Waals surface area contributed by atoms with E-state index >= 15 is 0 Å². The molecule has 0 spiro atoms. The summed E-state index contributed by atoms with van der Waals surface area (Å²) in [5.41, 5.74) is 1.86. The molecule has 0 unspecified atom stereocenters. The highest BCUT2D eigenvalue weighted by atomic mass is 16.5. The molecule has 0 aliphatic heterocycles. The Balaban J connectivity index is 2.31. The van der Waals surface area contributed by atoms with Crippen molar-refractivity contribution in [3.05, 3.63) is 46.5 Å². The van der Waals surface area contributed by atoms with Gasteiger partial charge >= 0.3 is 5.97 Å². The zero-order chi connectivity index (χ0) is 24.1. The minimum atomic E-state index is -0.992. The number of carbonyl (C=O) groups is 2. The zero-order valence-electron chi connectivity index (χ0n) is 20.8. The van der Waals surface area contributed by atoms with Crippen LogP contribution in [0.3, 0.4) is 0 Å². The summed E-state index contributed by atoms with van der Waals surface area (Å²) in [4.78, 5) is 28.5. The van der Waals surface area contributed by atoms with Gasteiger partial charge in [0.25, 0.3) is 5.91 Å². The van der Waals surface area contributed by atoms with E-state index in [9.17, 15) is 14.7 Å². The molecule has 0 radical (unpaired) electrons. The minimum absolute atomic E-state index is 0.135. The number of ether oxygens (including phenoxy) is 1. The molecule has 5 nitrogen and oxygen atoms in total. The first kappa shape index (κ1) is 24.1. The summed E-state index contributed by atoms with van der Waals surface area (Å²) >= 11 is 0. The van der Waals surface area contributed by atoms with Crippen LogP contribution in [-0.4, -0.2) is 42.1 Å². The van der Waals surface area contributed by atoms with Crippen LogP contribution in [-0.2, 0) is 9.59 Å². The van der Waals surface area contributed by atoms with Gasteiger partial charge in [0.05, 0.1) is 12.7 Å². The van der Waals surface area contributed by atoms with Crippen LogP contribution in [0, 0.1) is 16.2 Å². The molecule has 0 aromatic heterocycles. The molecule has 5 heteroatoms. The number of benzene rings is 1. The van der Waals surface area contributed by atoms with Crippen LogP contribution in [0.15, 0.2) is 41.0 Å². The molecule has 0 saturated carbocycles. The lowest BCUT2D eigenvalue weighted by Gasteiger charge is -2.43. The van der Waals surface area contributed by atoms with Crippen molar-refractivity contribution in [1.82, 2.24) is 4.90 Å². The van der Waals surface area contributed by atoms with Crippen LogP contribution in [0.25, 0.3) is 5.57 Å². The number of allylic oxidation sites excluding steroid dienone is 2. The van der Waals surface area contributed by atoms with Crippen molar-refractivity contribution in [2.75, 3.05) is 20.2 Å². The van der Waals surface area contributed by atoms with Gasteiger partial charge < -0.3 is 14.7 Å². The van der Waals surface area contributed by atoms with Crippen LogP contribution in [0.4, 0.5) is 0 Å². The molecule has 32 heavy (non-hydrogen) atoms. The highest BCUT2D eigenvalue weighted by Gasteiger charge is 2.72. The van der Waals surface area contributed by atoms with Crippen molar-refractivity contribution in [2.24, 2.45) is 16.2 Å². The van der Waals surface area contributed by atoms with E-state index in [4.69, 9.17) is 4.74 Å². The van der Waals surface area contributed by atoms with Gasteiger partial charge in [0.1, 0.15) is 5.75 Å². The topological polar surface area (TPSA) is 66.8 Å². The number of carboxylic acids is 1. The van der Waals surface area contributed by atoms with E-state index < -0.39 is 22.2 Å². The minimum Gasteiger partial charge on any atom is -0.497 e. The summed E-state index contributed by atoms with van der Waals surface area (Å²) in [6.07, 6.45) is 1.66. The van der Waals surface area contributed by atoms with Gasteiger partial charge in [0.15, 0.2) is 0 Å². The third-order valence-corrected chi connectivity index (χ3v) is 8.46. The molecule has 0 heterocycles. The lowest BCUT2D eigenvalue weighted by atomic mass is 9.59. The average Bonchev–Trinajstić information content (AvgIpc) is 2.96. The van der Waals surface area contributed by atoms with Gasteiger partial charge in [-0.25, -0.2) is 4.79 Å². The van der Waals surface area contributed by atoms with E-state index in [1.54, 1.807) is 7.11 Å². The highest BCUT2D eigenvalue weighted by Crippen LogP contribution is 2.77. The van der Waals surface area contributed by atoms with Crippen LogP contribution in [0.2, 0.25) is 0 Å². The van der Waals surface area contributed by atoms with Gasteiger partial charge in [-0.05, 0) is 48.4 Å². The SMILES string of the molecule is CCCN(CCC)C(=O)C1=C(C(=O)O)[C@]2(C)C(C)=C(c3ccc(OC)cc3)[C@@]1(C)C2(C)C. The zero-order valence-corrected chi connectivity index (χ0v) is 20.8. The fourth-order valence-corrected chi connectivity index (χ4v) is 6.26. The van der Waals surface area contributed by atoms with E-state index in [1.165, 1.54) is 0 Å². The summed E-state index contributed by atoms with van der Waals surface area (Å²) in [6.45, 7) is 15.7. The molecular weight excluding hydrogens is 402 g/mol. The Morgan fingerprint density at radius 3 is 1.91 bits per heavy atom. The fraction of sp³-hybridized carbons (Fsp3) is 0.556. The second-order valence-corrected chi connectivity index (χ2v) is 9.95. The first-order chi connectivity index (χ1) is 14.9. The highest BCUT2D eigenvalue weighted by molar-refractivity contribution is 6.11. The Morgan fingerprint density at radius 1 is 0.938 bits per heavy atom. The number of hydrogen-bond acceptors (Lipinski definition) is 3. The first-order valence-corrected chi connectivity index (χ1v) is 11.6. The molecule has 174 valence electrons. The summed E-state index contributed by atoms with van der Waals surface area (Å²) < 4.78 is 5.34. The van der Waals surface area contributed by atoms with Gasteiger partial charge in [-0.2, -0.15) is 0 Å². The molecule has 2 aliphatic rings. The number of amides is 1. The summed E-state index contributed by atoms with van der Waals surface area (Å²) in [7, 11) is 1.64. The third-order valence-electron chi connectivity index (χ3n) is 8.46. The van der Waals surface area contributed by atoms with Crippen LogP contribution < -0.4 is 4.74 Å².